The molecule has 0 aliphatic carbocycles. The van der Waals surface area contributed by atoms with E-state index in [4.69, 9.17) is 37.7 Å². The van der Waals surface area contributed by atoms with E-state index < -0.39 is 12.1 Å². The first-order valence-electron chi connectivity index (χ1n) is 25.3. The molecule has 2 fully saturated rings. The van der Waals surface area contributed by atoms with Gasteiger partial charge < -0.3 is 35.0 Å². The van der Waals surface area contributed by atoms with Crippen LogP contribution in [0.3, 0.4) is 0 Å². The van der Waals surface area contributed by atoms with Gasteiger partial charge in [0.1, 0.15) is 29.9 Å². The molecule has 10 rings (SSSR count). The molecule has 3 N–H and O–H groups in total. The van der Waals surface area contributed by atoms with E-state index in [9.17, 15) is 14.7 Å². The lowest BCUT2D eigenvalue weighted by Gasteiger charge is -2.39. The highest BCUT2D eigenvalue weighted by molar-refractivity contribution is 6.30. The van der Waals surface area contributed by atoms with Crippen molar-refractivity contribution in [2.24, 2.45) is 10.9 Å². The number of aliphatic hydroxyl groups excluding tert-OH is 1. The number of benzene rings is 5. The summed E-state index contributed by atoms with van der Waals surface area (Å²) in [7, 11) is 1.59. The predicted octanol–water partition coefficient (Wildman–Crippen LogP) is 10.4. The van der Waals surface area contributed by atoms with Crippen molar-refractivity contribution in [1.29, 1.82) is 0 Å². The maximum absolute atomic E-state index is 15.2. The molecule has 74 heavy (non-hydrogen) atoms. The van der Waals surface area contributed by atoms with Gasteiger partial charge in [-0.25, -0.2) is 4.79 Å². The average Bonchev–Trinajstić information content (AvgIpc) is 4.02. The number of rotatable bonds is 15. The number of ether oxygens (including phenoxy) is 2. The molecule has 4 aliphatic rings. The number of carbonyl (C=O) groups excluding carboxylic acids is 3. The molecule has 0 saturated carbocycles. The van der Waals surface area contributed by atoms with Gasteiger partial charge in [-0.3, -0.25) is 29.4 Å². The predicted molar refractivity (Wildman–Crippen MR) is 289 cm³/mol. The molecule has 6 aromatic rings. The first-order valence-corrected chi connectivity index (χ1v) is 26.0. The average molecular weight is 1040 g/mol. The number of carbonyl (C=O) groups is 3. The Kier molecular flexibility index (Phi) is 15.2. The summed E-state index contributed by atoms with van der Waals surface area (Å²) in [5.41, 5.74) is 8.38. The Bertz CT molecular complexity index is 3030. The molecule has 4 aliphatic heterocycles. The Hall–Kier alpha value is -6.97. The highest BCUT2D eigenvalue weighted by Crippen LogP contribution is 2.49. The number of amidine groups is 1. The third-order valence-corrected chi connectivity index (χ3v) is 15.0. The Labute approximate surface area is 441 Å². The number of methoxy groups -OCH3 is 1. The molecule has 5 aromatic carbocycles. The molecule has 1 aromatic heterocycles. The molecular formula is C58H60Cl2N8O6. The van der Waals surface area contributed by atoms with Crippen LogP contribution in [0.25, 0.3) is 11.1 Å². The van der Waals surface area contributed by atoms with Gasteiger partial charge in [0.05, 0.1) is 37.5 Å². The number of hydrogen-bond donors (Lipinski definition) is 3. The maximum atomic E-state index is 15.2. The molecule has 5 atom stereocenters. The van der Waals surface area contributed by atoms with Gasteiger partial charge >= 0.3 is 6.03 Å². The quantitative estimate of drug-likeness (QED) is 0.0913. The summed E-state index contributed by atoms with van der Waals surface area (Å²) in [6.07, 6.45) is 5.09. The zero-order valence-corrected chi connectivity index (χ0v) is 43.2. The first-order chi connectivity index (χ1) is 35.9. The zero-order valence-electron chi connectivity index (χ0n) is 41.7. The summed E-state index contributed by atoms with van der Waals surface area (Å²) < 4.78 is 11.9. The molecule has 0 unspecified atom stereocenters. The van der Waals surface area contributed by atoms with Crippen molar-refractivity contribution >= 4 is 58.3 Å². The molecule has 2 saturated heterocycles. The van der Waals surface area contributed by atoms with Gasteiger partial charge in [-0.15, -0.1) is 0 Å². The van der Waals surface area contributed by atoms with Gasteiger partial charge in [0.25, 0.3) is 0 Å². The number of aliphatic imine (C=N–C) groups is 1. The Morgan fingerprint density at radius 3 is 2.31 bits per heavy atom. The van der Waals surface area contributed by atoms with Crippen LogP contribution in [0.5, 0.6) is 11.5 Å². The Morgan fingerprint density at radius 2 is 1.59 bits per heavy atom. The number of piperazine rings is 1. The molecule has 4 amide bonds. The summed E-state index contributed by atoms with van der Waals surface area (Å²) in [6, 6.07) is 37.3. The standard InChI is InChI=1S/C58H60Cl2N8O6/c1-36(2)74-51-32-45(73-3)18-19-47(51)57-64-54(38-9-14-42(59)15-10-38)55(39-11-16-43(60)17-12-39)68(57)58(72)67-29-28-65(53(71)34-67)26-5-8-52(70)62-44-7-4-6-40(30-44)41-13-20-49-48(31-41)56-46(50(35-69)63-49)23-27-66(56)33-37-21-24-61-25-22-37/h4,6-7,9-22,24-25,30-32,36,46,50,54-56,63,69H,5,8,23,26-29,33-35H2,1-3H3,(H,62,70)/t46-,50-,54-,55+,56-/m1/s1. The van der Waals surface area contributed by atoms with Crippen molar-refractivity contribution in [2.45, 2.75) is 69.9 Å². The lowest BCUT2D eigenvalue weighted by molar-refractivity contribution is -0.135. The molecule has 382 valence electrons. The summed E-state index contributed by atoms with van der Waals surface area (Å²) in [5, 5.41) is 18.2. The number of aromatic nitrogens is 1. The van der Waals surface area contributed by atoms with Crippen LogP contribution >= 0.6 is 23.2 Å². The van der Waals surface area contributed by atoms with Crippen LogP contribution in [0.1, 0.15) is 79.1 Å². The second-order valence-corrected chi connectivity index (χ2v) is 20.5. The molecule has 5 heterocycles. The fourth-order valence-corrected chi connectivity index (χ4v) is 11.2. The van der Waals surface area contributed by atoms with Crippen LogP contribution < -0.4 is 20.1 Å². The van der Waals surface area contributed by atoms with Crippen LogP contribution in [0, 0.1) is 5.92 Å². The van der Waals surface area contributed by atoms with Crippen molar-refractivity contribution in [3.05, 3.63) is 172 Å². The SMILES string of the molecule is COc1ccc(C2=N[C@H](c3ccc(Cl)cc3)[C@H](c3ccc(Cl)cc3)N2C(=O)N2CCN(CCCC(=O)Nc3cccc(-c4ccc5c(c4)[C@H]4[C@H](CCN4Cc4ccncc4)[C@@H](CO)N5)c3)C(=O)C2)c(OC(C)C)c1. The fourth-order valence-electron chi connectivity index (χ4n) is 10.9. The summed E-state index contributed by atoms with van der Waals surface area (Å²) >= 11 is 12.8. The third-order valence-electron chi connectivity index (χ3n) is 14.5. The summed E-state index contributed by atoms with van der Waals surface area (Å²) in [5.74, 6) is 1.38. The van der Waals surface area contributed by atoms with E-state index in [2.05, 4.69) is 50.8 Å². The number of urea groups is 1. The number of amides is 4. The number of likely N-dealkylation sites (tertiary alicyclic amines) is 1. The van der Waals surface area contributed by atoms with Gasteiger partial charge in [0.15, 0.2) is 0 Å². The van der Waals surface area contributed by atoms with Gasteiger partial charge in [0, 0.05) is 84.4 Å². The summed E-state index contributed by atoms with van der Waals surface area (Å²) in [6.45, 7) is 6.44. The Morgan fingerprint density at radius 1 is 0.851 bits per heavy atom. The number of pyridine rings is 1. The van der Waals surface area contributed by atoms with Crippen LogP contribution in [0.4, 0.5) is 16.2 Å². The van der Waals surface area contributed by atoms with Crippen LogP contribution in [-0.4, -0.2) is 112 Å². The monoisotopic (exact) mass is 1030 g/mol. The van der Waals surface area contributed by atoms with Crippen molar-refractivity contribution in [2.75, 3.05) is 57.1 Å². The number of fused-ring (bicyclic) bond motifs is 3. The number of hydrogen-bond acceptors (Lipinski definition) is 10. The minimum Gasteiger partial charge on any atom is -0.497 e. The van der Waals surface area contributed by atoms with Crippen molar-refractivity contribution in [3.8, 4) is 22.6 Å². The molecule has 0 radical (unpaired) electrons. The van der Waals surface area contributed by atoms with E-state index in [1.807, 2.05) is 99.0 Å². The lowest BCUT2D eigenvalue weighted by Crippen LogP contribution is -2.56. The largest absolute Gasteiger partial charge is 0.497 e. The zero-order chi connectivity index (χ0) is 51.5. The van der Waals surface area contributed by atoms with Crippen molar-refractivity contribution < 1.29 is 29.0 Å². The minimum absolute atomic E-state index is 0.0227. The first kappa shape index (κ1) is 50.6. The highest BCUT2D eigenvalue weighted by atomic mass is 35.5. The third kappa shape index (κ3) is 10.8. The van der Waals surface area contributed by atoms with Crippen molar-refractivity contribution in [1.82, 2.24) is 24.6 Å². The van der Waals surface area contributed by atoms with E-state index in [1.54, 1.807) is 40.0 Å². The fraction of sp³-hybridized carbons (Fsp3) is 0.328. The van der Waals surface area contributed by atoms with Crippen LogP contribution in [-0.2, 0) is 16.1 Å². The molecule has 16 heteroatoms. The number of nitrogens with one attached hydrogen (secondary N) is 2. The molecular weight excluding hydrogens is 976 g/mol. The maximum Gasteiger partial charge on any atom is 0.326 e. The van der Waals surface area contributed by atoms with E-state index in [-0.39, 0.29) is 68.1 Å². The topological polar surface area (TPSA) is 152 Å². The summed E-state index contributed by atoms with van der Waals surface area (Å²) in [4.78, 5) is 59.6. The molecule has 0 bridgehead atoms. The van der Waals surface area contributed by atoms with Gasteiger partial charge in [0.2, 0.25) is 11.8 Å². The number of anilines is 2. The smallest absolute Gasteiger partial charge is 0.326 e. The normalized spacial score (nSPS) is 20.5. The van der Waals surface area contributed by atoms with E-state index in [1.165, 1.54) is 11.1 Å². The Balaban J connectivity index is 0.809. The van der Waals surface area contributed by atoms with E-state index in [0.717, 1.165) is 47.5 Å². The van der Waals surface area contributed by atoms with Gasteiger partial charge in [-0.05, 0) is 139 Å². The van der Waals surface area contributed by atoms with Crippen LogP contribution in [0.15, 0.2) is 139 Å². The number of nitrogens with zero attached hydrogens (tertiary/aromatic N) is 6. The molecule has 0 spiro atoms. The van der Waals surface area contributed by atoms with E-state index in [0.29, 0.717) is 58.1 Å². The second kappa shape index (κ2) is 22.2. The van der Waals surface area contributed by atoms with Crippen LogP contribution in [0.2, 0.25) is 10.0 Å². The highest BCUT2D eigenvalue weighted by Gasteiger charge is 2.46. The second-order valence-electron chi connectivity index (χ2n) is 19.6. The molecule has 14 nitrogen and oxygen atoms in total. The number of aliphatic hydroxyl groups is 1. The minimum atomic E-state index is -0.623. The van der Waals surface area contributed by atoms with Crippen molar-refractivity contribution in [3.63, 3.8) is 0 Å². The number of halogens is 2. The van der Waals surface area contributed by atoms with Gasteiger partial charge in [-0.1, -0.05) is 65.7 Å². The lowest BCUT2D eigenvalue weighted by atomic mass is 9.82. The van der Waals surface area contributed by atoms with Gasteiger partial charge in [-0.2, -0.15) is 0 Å². The van der Waals surface area contributed by atoms with E-state index >= 15 is 4.79 Å².